The van der Waals surface area contributed by atoms with Gasteiger partial charge in [-0.05, 0) is 25.2 Å². The quantitative estimate of drug-likeness (QED) is 0.659. The van der Waals surface area contributed by atoms with E-state index in [4.69, 9.17) is 0 Å². The third-order valence-electron chi connectivity index (χ3n) is 3.94. The summed E-state index contributed by atoms with van der Waals surface area (Å²) in [6, 6.07) is -0.271. The lowest BCUT2D eigenvalue weighted by molar-refractivity contribution is -0.127. The van der Waals surface area contributed by atoms with Gasteiger partial charge >= 0.3 is 6.03 Å². The minimum atomic E-state index is -2.89. The van der Waals surface area contributed by atoms with E-state index in [0.29, 0.717) is 32.5 Å². The molecule has 2 aliphatic rings. The van der Waals surface area contributed by atoms with Crippen molar-refractivity contribution >= 4 is 21.8 Å². The summed E-state index contributed by atoms with van der Waals surface area (Å²) < 4.78 is 22.6. The van der Waals surface area contributed by atoms with Gasteiger partial charge < -0.3 is 15.5 Å². The molecule has 2 fully saturated rings. The Bertz CT molecular complexity index is 492. The van der Waals surface area contributed by atoms with E-state index in [1.807, 2.05) is 4.90 Å². The average Bonchev–Trinajstić information content (AvgIpc) is 2.98. The number of hydrogen-bond acceptors (Lipinski definition) is 4. The van der Waals surface area contributed by atoms with Crippen molar-refractivity contribution in [2.24, 2.45) is 5.92 Å². The fraction of sp³-hybridized carbons (Fsp3) is 0.846. The van der Waals surface area contributed by atoms with Crippen molar-refractivity contribution in [2.45, 2.75) is 25.7 Å². The molecule has 0 aromatic heterocycles. The summed E-state index contributed by atoms with van der Waals surface area (Å²) >= 11 is 0. The van der Waals surface area contributed by atoms with E-state index in [2.05, 4.69) is 10.6 Å². The largest absolute Gasteiger partial charge is 0.343 e. The number of rotatable bonds is 6. The number of amides is 3. The number of likely N-dealkylation sites (tertiary alicyclic amines) is 1. The van der Waals surface area contributed by atoms with E-state index in [1.165, 1.54) is 0 Å². The maximum absolute atomic E-state index is 11.6. The number of carbonyl (C=O) groups is 2. The molecule has 2 saturated heterocycles. The summed E-state index contributed by atoms with van der Waals surface area (Å²) in [4.78, 5) is 24.8. The number of sulfone groups is 1. The maximum atomic E-state index is 11.6. The van der Waals surface area contributed by atoms with Crippen molar-refractivity contribution < 1.29 is 18.0 Å². The highest BCUT2D eigenvalue weighted by Gasteiger charge is 2.27. The smallest absolute Gasteiger partial charge is 0.314 e. The van der Waals surface area contributed by atoms with Crippen LogP contribution in [0.1, 0.15) is 25.7 Å². The Labute approximate surface area is 125 Å². The van der Waals surface area contributed by atoms with Gasteiger partial charge in [0.1, 0.15) is 0 Å². The van der Waals surface area contributed by atoms with E-state index >= 15 is 0 Å². The molecular weight excluding hydrogens is 294 g/mol. The van der Waals surface area contributed by atoms with E-state index in [0.717, 1.165) is 19.4 Å². The third kappa shape index (κ3) is 5.18. The Hall–Kier alpha value is -1.31. The predicted octanol–water partition coefficient (Wildman–Crippen LogP) is -0.267. The minimum Gasteiger partial charge on any atom is -0.343 e. The maximum Gasteiger partial charge on any atom is 0.314 e. The van der Waals surface area contributed by atoms with Gasteiger partial charge in [0.2, 0.25) is 5.91 Å². The lowest BCUT2D eigenvalue weighted by Crippen LogP contribution is -2.39. The van der Waals surface area contributed by atoms with Gasteiger partial charge in [0, 0.05) is 32.6 Å². The van der Waals surface area contributed by atoms with Crippen LogP contribution in [0.15, 0.2) is 0 Å². The molecule has 2 heterocycles. The molecule has 1 atom stereocenters. The molecule has 0 radical (unpaired) electrons. The molecule has 8 heteroatoms. The van der Waals surface area contributed by atoms with Crippen LogP contribution in [0.2, 0.25) is 0 Å². The van der Waals surface area contributed by atoms with Crippen LogP contribution in [-0.2, 0) is 14.6 Å². The number of urea groups is 1. The van der Waals surface area contributed by atoms with E-state index in [-0.39, 0.29) is 29.4 Å². The first-order valence-electron chi connectivity index (χ1n) is 7.46. The molecule has 2 N–H and O–H groups in total. The Morgan fingerprint density at radius 2 is 2.14 bits per heavy atom. The molecule has 2 aliphatic heterocycles. The van der Waals surface area contributed by atoms with Crippen LogP contribution in [0.25, 0.3) is 0 Å². The zero-order valence-corrected chi connectivity index (χ0v) is 13.0. The first-order valence-corrected chi connectivity index (χ1v) is 9.28. The summed E-state index contributed by atoms with van der Waals surface area (Å²) in [7, 11) is -2.89. The first kappa shape index (κ1) is 16.1. The van der Waals surface area contributed by atoms with Gasteiger partial charge in [-0.1, -0.05) is 0 Å². The molecule has 1 unspecified atom stereocenters. The highest BCUT2D eigenvalue weighted by molar-refractivity contribution is 7.91. The van der Waals surface area contributed by atoms with Crippen molar-refractivity contribution in [1.29, 1.82) is 0 Å². The molecule has 0 aromatic rings. The fourth-order valence-electron chi connectivity index (χ4n) is 2.74. The van der Waals surface area contributed by atoms with Gasteiger partial charge in [-0.15, -0.1) is 0 Å². The van der Waals surface area contributed by atoms with E-state index < -0.39 is 9.84 Å². The van der Waals surface area contributed by atoms with Gasteiger partial charge in [0.15, 0.2) is 9.84 Å². The Morgan fingerprint density at radius 1 is 1.33 bits per heavy atom. The first-order chi connectivity index (χ1) is 9.96. The highest BCUT2D eigenvalue weighted by atomic mass is 32.2. The van der Waals surface area contributed by atoms with E-state index in [1.54, 1.807) is 0 Å². The average molecular weight is 317 g/mol. The molecule has 7 nitrogen and oxygen atoms in total. The lowest BCUT2D eigenvalue weighted by Gasteiger charge is -2.15. The standard InChI is InChI=1S/C13H23N3O4S/c17-12-3-1-6-16(12)7-2-5-14-13(18)15-9-11-4-8-21(19,20)10-11/h11H,1-10H2,(H2,14,15,18). The van der Waals surface area contributed by atoms with Crippen LogP contribution in [0.4, 0.5) is 4.79 Å². The van der Waals surface area contributed by atoms with Crippen LogP contribution in [-0.4, -0.2) is 62.9 Å². The molecule has 21 heavy (non-hydrogen) atoms. The second-order valence-electron chi connectivity index (χ2n) is 5.74. The lowest BCUT2D eigenvalue weighted by atomic mass is 10.1. The third-order valence-corrected chi connectivity index (χ3v) is 5.78. The normalized spacial score (nSPS) is 24.3. The molecule has 2 rings (SSSR count). The molecule has 0 spiro atoms. The van der Waals surface area contributed by atoms with Crippen LogP contribution < -0.4 is 10.6 Å². The second kappa shape index (κ2) is 7.11. The van der Waals surface area contributed by atoms with Crippen LogP contribution in [0.3, 0.4) is 0 Å². The minimum absolute atomic E-state index is 0.0305. The van der Waals surface area contributed by atoms with Crippen LogP contribution >= 0.6 is 0 Å². The SMILES string of the molecule is O=C(NCCCN1CCCC1=O)NCC1CCS(=O)(=O)C1. The summed E-state index contributed by atoms with van der Waals surface area (Å²) in [5.41, 5.74) is 0. The molecular formula is C13H23N3O4S. The fourth-order valence-corrected chi connectivity index (χ4v) is 4.61. The van der Waals surface area contributed by atoms with Crippen LogP contribution in [0.5, 0.6) is 0 Å². The molecule has 0 aromatic carbocycles. The Morgan fingerprint density at radius 3 is 2.76 bits per heavy atom. The zero-order valence-electron chi connectivity index (χ0n) is 12.1. The summed E-state index contributed by atoms with van der Waals surface area (Å²) in [6.07, 6.45) is 2.92. The topological polar surface area (TPSA) is 95.6 Å². The number of hydrogen-bond donors (Lipinski definition) is 2. The predicted molar refractivity (Wildman–Crippen MR) is 78.6 cm³/mol. The summed E-state index contributed by atoms with van der Waals surface area (Å²) in [5, 5.41) is 5.43. The van der Waals surface area contributed by atoms with Gasteiger partial charge in [0.25, 0.3) is 0 Å². The summed E-state index contributed by atoms with van der Waals surface area (Å²) in [6.45, 7) is 2.41. The number of nitrogens with zero attached hydrogens (tertiary/aromatic N) is 1. The monoisotopic (exact) mass is 317 g/mol. The second-order valence-corrected chi connectivity index (χ2v) is 7.97. The Kier molecular flexibility index (Phi) is 5.44. The Balaban J connectivity index is 1.53. The van der Waals surface area contributed by atoms with Crippen molar-refractivity contribution in [3.05, 3.63) is 0 Å². The van der Waals surface area contributed by atoms with Gasteiger partial charge in [-0.2, -0.15) is 0 Å². The number of nitrogens with one attached hydrogen (secondary N) is 2. The van der Waals surface area contributed by atoms with Crippen molar-refractivity contribution in [2.75, 3.05) is 37.7 Å². The zero-order chi connectivity index (χ0) is 15.3. The molecule has 0 aliphatic carbocycles. The molecule has 0 bridgehead atoms. The summed E-state index contributed by atoms with van der Waals surface area (Å²) in [5.74, 6) is 0.625. The number of carbonyl (C=O) groups excluding carboxylic acids is 2. The van der Waals surface area contributed by atoms with Crippen molar-refractivity contribution in [1.82, 2.24) is 15.5 Å². The van der Waals surface area contributed by atoms with Crippen LogP contribution in [0, 0.1) is 5.92 Å². The molecule has 120 valence electrons. The van der Waals surface area contributed by atoms with Crippen molar-refractivity contribution in [3.63, 3.8) is 0 Å². The van der Waals surface area contributed by atoms with Gasteiger partial charge in [-0.25, -0.2) is 13.2 Å². The molecule has 0 saturated carbocycles. The molecule has 3 amide bonds. The van der Waals surface area contributed by atoms with Gasteiger partial charge in [-0.3, -0.25) is 4.79 Å². The van der Waals surface area contributed by atoms with E-state index in [9.17, 15) is 18.0 Å². The highest BCUT2D eigenvalue weighted by Crippen LogP contribution is 2.17. The van der Waals surface area contributed by atoms with Gasteiger partial charge in [0.05, 0.1) is 11.5 Å². The van der Waals surface area contributed by atoms with Crippen molar-refractivity contribution in [3.8, 4) is 0 Å².